The summed E-state index contributed by atoms with van der Waals surface area (Å²) in [7, 11) is 0. The van der Waals surface area contributed by atoms with Gasteiger partial charge in [0.1, 0.15) is 6.04 Å². The fraction of sp³-hybridized carbons (Fsp3) is 0.417. The summed E-state index contributed by atoms with van der Waals surface area (Å²) in [6, 6.07) is 17.7. The number of nitrogens with zero attached hydrogens (tertiary/aromatic N) is 1. The number of amides is 2. The average Bonchev–Trinajstić information content (AvgIpc) is 2.72. The number of carbonyl (C=O) groups is 2. The van der Waals surface area contributed by atoms with Gasteiger partial charge in [0, 0.05) is 18.8 Å². The molecule has 0 aliphatic rings. The first-order valence-electron chi connectivity index (χ1n) is 10.3. The van der Waals surface area contributed by atoms with Crippen LogP contribution >= 0.6 is 11.8 Å². The molecule has 4 nitrogen and oxygen atoms in total. The number of unbranched alkanes of at least 4 members (excludes halogenated alkanes) is 1. The highest BCUT2D eigenvalue weighted by atomic mass is 32.2. The first kappa shape index (κ1) is 23.0. The molecule has 0 radical (unpaired) electrons. The third kappa shape index (κ3) is 7.94. The number of thioether (sulfide) groups is 1. The van der Waals surface area contributed by atoms with Gasteiger partial charge in [0.25, 0.3) is 0 Å². The van der Waals surface area contributed by atoms with Gasteiger partial charge in [0.2, 0.25) is 11.8 Å². The molecule has 0 fully saturated rings. The lowest BCUT2D eigenvalue weighted by Crippen LogP contribution is -2.48. The van der Waals surface area contributed by atoms with Crippen molar-refractivity contribution >= 4 is 23.6 Å². The molecular formula is C24H32N2O2S. The summed E-state index contributed by atoms with van der Waals surface area (Å²) in [5, 5.41) is 2.95. The van der Waals surface area contributed by atoms with Gasteiger partial charge in [-0.15, -0.1) is 11.8 Å². The second kappa shape index (κ2) is 12.3. The van der Waals surface area contributed by atoms with Crippen LogP contribution in [0.4, 0.5) is 0 Å². The summed E-state index contributed by atoms with van der Waals surface area (Å²) in [6.07, 6.45) is 1.97. The number of nitrogens with one attached hydrogen (secondary N) is 1. The Labute approximate surface area is 179 Å². The van der Waals surface area contributed by atoms with E-state index in [0.29, 0.717) is 18.8 Å². The first-order chi connectivity index (χ1) is 14.0. The highest BCUT2D eigenvalue weighted by Crippen LogP contribution is 2.16. The highest BCUT2D eigenvalue weighted by Gasteiger charge is 2.25. The number of hydrogen-bond donors (Lipinski definition) is 1. The topological polar surface area (TPSA) is 49.4 Å². The van der Waals surface area contributed by atoms with Crippen molar-refractivity contribution in [3.8, 4) is 0 Å². The lowest BCUT2D eigenvalue weighted by molar-refractivity contribution is -0.138. The van der Waals surface area contributed by atoms with Crippen LogP contribution in [0.5, 0.6) is 0 Å². The van der Waals surface area contributed by atoms with Crippen molar-refractivity contribution in [2.24, 2.45) is 0 Å². The molecule has 0 saturated carbocycles. The Morgan fingerprint density at radius 2 is 1.79 bits per heavy atom. The summed E-state index contributed by atoms with van der Waals surface area (Å²) in [5.41, 5.74) is 3.46. The molecule has 0 heterocycles. The van der Waals surface area contributed by atoms with Crippen LogP contribution in [-0.2, 0) is 21.9 Å². The van der Waals surface area contributed by atoms with Crippen molar-refractivity contribution in [3.05, 3.63) is 71.3 Å². The Balaban J connectivity index is 2.00. The Morgan fingerprint density at radius 3 is 2.48 bits per heavy atom. The highest BCUT2D eigenvalue weighted by molar-refractivity contribution is 7.99. The van der Waals surface area contributed by atoms with Crippen molar-refractivity contribution in [1.29, 1.82) is 0 Å². The van der Waals surface area contributed by atoms with Gasteiger partial charge in [0.15, 0.2) is 0 Å². The maximum Gasteiger partial charge on any atom is 0.242 e. The Kier molecular flexibility index (Phi) is 9.78. The van der Waals surface area contributed by atoms with E-state index in [1.54, 1.807) is 16.7 Å². The van der Waals surface area contributed by atoms with Gasteiger partial charge in [0.05, 0.1) is 5.75 Å². The van der Waals surface area contributed by atoms with Gasteiger partial charge < -0.3 is 10.2 Å². The molecule has 1 atom stereocenters. The van der Waals surface area contributed by atoms with E-state index in [1.807, 2.05) is 43.3 Å². The monoisotopic (exact) mass is 412 g/mol. The fourth-order valence-corrected chi connectivity index (χ4v) is 3.90. The van der Waals surface area contributed by atoms with E-state index < -0.39 is 6.04 Å². The molecule has 0 saturated heterocycles. The van der Waals surface area contributed by atoms with E-state index in [0.717, 1.165) is 24.2 Å². The molecule has 2 aromatic carbocycles. The van der Waals surface area contributed by atoms with Crippen LogP contribution in [0.25, 0.3) is 0 Å². The summed E-state index contributed by atoms with van der Waals surface area (Å²) in [4.78, 5) is 27.3. The summed E-state index contributed by atoms with van der Waals surface area (Å²) < 4.78 is 0. The van der Waals surface area contributed by atoms with Crippen LogP contribution in [0.1, 0.15) is 43.4 Å². The summed E-state index contributed by atoms with van der Waals surface area (Å²) in [6.45, 7) is 7.06. The molecule has 0 aliphatic heterocycles. The quantitative estimate of drug-likeness (QED) is 0.550. The third-order valence-electron chi connectivity index (χ3n) is 4.77. The second-order valence-corrected chi connectivity index (χ2v) is 8.30. The SMILES string of the molecule is CCCCNC(=O)[C@@H](C)N(Cc1ccccc1)C(=O)CSCc1cccc(C)c1. The Hall–Kier alpha value is -2.27. The number of rotatable bonds is 11. The third-order valence-corrected chi connectivity index (χ3v) is 5.76. The van der Waals surface area contributed by atoms with Gasteiger partial charge in [-0.1, -0.05) is 73.5 Å². The van der Waals surface area contributed by atoms with E-state index in [2.05, 4.69) is 37.4 Å². The molecule has 0 unspecified atom stereocenters. The predicted octanol–water partition coefficient (Wildman–Crippen LogP) is 4.56. The molecule has 0 aromatic heterocycles. The van der Waals surface area contributed by atoms with E-state index in [-0.39, 0.29) is 11.8 Å². The molecule has 156 valence electrons. The van der Waals surface area contributed by atoms with Crippen molar-refractivity contribution in [2.45, 2.75) is 52.0 Å². The minimum absolute atomic E-state index is 0.00959. The molecule has 2 amide bonds. The predicted molar refractivity (Wildman–Crippen MR) is 122 cm³/mol. The maximum absolute atomic E-state index is 13.0. The Morgan fingerprint density at radius 1 is 1.07 bits per heavy atom. The van der Waals surface area contributed by atoms with Crippen molar-refractivity contribution in [3.63, 3.8) is 0 Å². The lowest BCUT2D eigenvalue weighted by atomic mass is 10.1. The minimum atomic E-state index is -0.501. The fourth-order valence-electron chi connectivity index (χ4n) is 3.04. The number of hydrogen-bond acceptors (Lipinski definition) is 3. The van der Waals surface area contributed by atoms with Crippen LogP contribution in [0.15, 0.2) is 54.6 Å². The van der Waals surface area contributed by atoms with Crippen LogP contribution in [0.3, 0.4) is 0 Å². The molecule has 0 aliphatic carbocycles. The zero-order valence-electron chi connectivity index (χ0n) is 17.7. The van der Waals surface area contributed by atoms with Gasteiger partial charge >= 0.3 is 0 Å². The van der Waals surface area contributed by atoms with Crippen molar-refractivity contribution in [2.75, 3.05) is 12.3 Å². The zero-order valence-corrected chi connectivity index (χ0v) is 18.5. The largest absolute Gasteiger partial charge is 0.354 e. The van der Waals surface area contributed by atoms with Crippen molar-refractivity contribution < 1.29 is 9.59 Å². The normalized spacial score (nSPS) is 11.7. The van der Waals surface area contributed by atoms with Crippen LogP contribution in [0.2, 0.25) is 0 Å². The molecule has 0 spiro atoms. The zero-order chi connectivity index (χ0) is 21.1. The first-order valence-corrected chi connectivity index (χ1v) is 11.4. The Bertz CT molecular complexity index is 779. The van der Waals surface area contributed by atoms with E-state index in [4.69, 9.17) is 0 Å². The number of aryl methyl sites for hydroxylation is 1. The molecule has 29 heavy (non-hydrogen) atoms. The smallest absolute Gasteiger partial charge is 0.242 e. The summed E-state index contributed by atoms with van der Waals surface area (Å²) >= 11 is 1.59. The molecule has 2 aromatic rings. The molecule has 0 bridgehead atoms. The average molecular weight is 413 g/mol. The maximum atomic E-state index is 13.0. The van der Waals surface area contributed by atoms with Crippen LogP contribution in [0, 0.1) is 6.92 Å². The lowest BCUT2D eigenvalue weighted by Gasteiger charge is -2.28. The van der Waals surface area contributed by atoms with Gasteiger partial charge in [-0.25, -0.2) is 0 Å². The van der Waals surface area contributed by atoms with Gasteiger partial charge in [-0.2, -0.15) is 0 Å². The van der Waals surface area contributed by atoms with Crippen LogP contribution < -0.4 is 5.32 Å². The van der Waals surface area contributed by atoms with E-state index in [9.17, 15) is 9.59 Å². The molecule has 2 rings (SSSR count). The minimum Gasteiger partial charge on any atom is -0.354 e. The molecule has 5 heteroatoms. The standard InChI is InChI=1S/C24H32N2O2S/c1-4-5-14-25-24(28)20(3)26(16-21-11-7-6-8-12-21)23(27)18-29-17-22-13-9-10-19(2)15-22/h6-13,15,20H,4-5,14,16-18H2,1-3H3,(H,25,28)/t20-/m1/s1. The van der Waals surface area contributed by atoms with E-state index in [1.165, 1.54) is 11.1 Å². The van der Waals surface area contributed by atoms with Gasteiger partial charge in [-0.3, -0.25) is 9.59 Å². The number of carbonyl (C=O) groups excluding carboxylic acids is 2. The second-order valence-electron chi connectivity index (χ2n) is 7.31. The number of benzene rings is 2. The van der Waals surface area contributed by atoms with Crippen molar-refractivity contribution in [1.82, 2.24) is 10.2 Å². The molecule has 1 N–H and O–H groups in total. The van der Waals surface area contributed by atoms with Gasteiger partial charge in [-0.05, 0) is 31.4 Å². The summed E-state index contributed by atoms with van der Waals surface area (Å²) in [5.74, 6) is 1.04. The van der Waals surface area contributed by atoms with Crippen LogP contribution in [-0.4, -0.2) is 35.1 Å². The molecular weight excluding hydrogens is 380 g/mol. The van der Waals surface area contributed by atoms with E-state index >= 15 is 0 Å².